The number of aliphatic hydroxyl groups excluding tert-OH is 1. The van der Waals surface area contributed by atoms with Crippen molar-refractivity contribution in [2.45, 2.75) is 25.1 Å². The molecule has 4 rings (SSSR count). The summed E-state index contributed by atoms with van der Waals surface area (Å²) >= 11 is 6.14. The lowest BCUT2D eigenvalue weighted by Crippen LogP contribution is -2.47. The molecule has 3 heterocycles. The van der Waals surface area contributed by atoms with Crippen LogP contribution < -0.4 is 9.64 Å². The van der Waals surface area contributed by atoms with Crippen LogP contribution in [0.25, 0.3) is 5.57 Å². The second-order valence-corrected chi connectivity index (χ2v) is 7.55. The Morgan fingerprint density at radius 3 is 2.57 bits per heavy atom. The molecule has 2 aromatic rings. The van der Waals surface area contributed by atoms with E-state index in [0.717, 1.165) is 11.1 Å². The van der Waals surface area contributed by atoms with Gasteiger partial charge in [0, 0.05) is 42.9 Å². The number of likely N-dealkylation sites (tertiary alicyclic amines) is 1. The normalized spacial score (nSPS) is 22.3. The average molecular weight is 438 g/mol. The van der Waals surface area contributed by atoms with Crippen molar-refractivity contribution in [2.75, 3.05) is 18.0 Å². The van der Waals surface area contributed by atoms with Crippen LogP contribution in [0.3, 0.4) is 0 Å². The topological polar surface area (TPSA) is 48.8 Å². The fraction of sp³-hybridized carbons (Fsp3) is 0.286. The molecular weight excluding hydrogens is 419 g/mol. The lowest BCUT2D eigenvalue weighted by Gasteiger charge is -2.40. The number of alkyl halides is 3. The summed E-state index contributed by atoms with van der Waals surface area (Å²) in [6.07, 6.45) is 4.14. The molecule has 5 nitrogen and oxygen atoms in total. The summed E-state index contributed by atoms with van der Waals surface area (Å²) in [5.74, 6) is -0.282. The SMILES string of the molecule is OC1CCN([C@H]2C(c3cncc(Cl)c3)=CC=CN2c2ccc(OC(F)(F)F)cc2)C1. The summed E-state index contributed by atoms with van der Waals surface area (Å²) in [5, 5.41) is 10.6. The van der Waals surface area contributed by atoms with E-state index in [0.29, 0.717) is 30.2 Å². The molecular formula is C21H19ClF3N3O2. The van der Waals surface area contributed by atoms with Gasteiger partial charge in [-0.15, -0.1) is 13.2 Å². The first-order chi connectivity index (χ1) is 14.3. The Balaban J connectivity index is 1.68. The molecule has 158 valence electrons. The lowest BCUT2D eigenvalue weighted by atomic mass is 10.00. The second-order valence-electron chi connectivity index (χ2n) is 7.12. The Morgan fingerprint density at radius 1 is 1.17 bits per heavy atom. The Labute approximate surface area is 176 Å². The summed E-state index contributed by atoms with van der Waals surface area (Å²) < 4.78 is 41.4. The van der Waals surface area contributed by atoms with Crippen LogP contribution in [0, 0.1) is 0 Å². The number of pyridine rings is 1. The highest BCUT2D eigenvalue weighted by Gasteiger charge is 2.35. The summed E-state index contributed by atoms with van der Waals surface area (Å²) in [4.78, 5) is 8.25. The maximum Gasteiger partial charge on any atom is 0.573 e. The Hall–Kier alpha value is -2.55. The van der Waals surface area contributed by atoms with E-state index in [-0.39, 0.29) is 11.9 Å². The van der Waals surface area contributed by atoms with Gasteiger partial charge in [0.05, 0.1) is 11.1 Å². The third kappa shape index (κ3) is 4.61. The first-order valence-corrected chi connectivity index (χ1v) is 9.73. The van der Waals surface area contributed by atoms with Crippen molar-refractivity contribution >= 4 is 22.9 Å². The van der Waals surface area contributed by atoms with E-state index < -0.39 is 12.5 Å². The molecule has 2 aliphatic heterocycles. The number of anilines is 1. The average Bonchev–Trinajstić information content (AvgIpc) is 3.13. The number of allylic oxidation sites excluding steroid dienone is 2. The molecule has 1 saturated heterocycles. The molecule has 1 aromatic heterocycles. The smallest absolute Gasteiger partial charge is 0.406 e. The number of hydrogen-bond donors (Lipinski definition) is 1. The van der Waals surface area contributed by atoms with Crippen LogP contribution in [0.15, 0.2) is 61.1 Å². The van der Waals surface area contributed by atoms with Crippen molar-refractivity contribution in [3.8, 4) is 5.75 Å². The molecule has 0 saturated carbocycles. The molecule has 2 atom stereocenters. The standard InChI is InChI=1S/C21H19ClF3N3O2/c22-15-10-14(11-26-12-15)19-2-1-8-28(20(19)27-9-7-17(29)13-27)16-3-5-18(6-4-16)30-21(23,24)25/h1-6,8,10-12,17,20,29H,7,9,13H2/t17?,20-/m1/s1. The molecule has 1 aromatic carbocycles. The predicted molar refractivity (Wildman–Crippen MR) is 108 cm³/mol. The van der Waals surface area contributed by atoms with Gasteiger partial charge in [-0.2, -0.15) is 0 Å². The molecule has 0 aliphatic carbocycles. The minimum Gasteiger partial charge on any atom is -0.406 e. The van der Waals surface area contributed by atoms with E-state index in [1.54, 1.807) is 24.5 Å². The van der Waals surface area contributed by atoms with Crippen LogP contribution in [-0.4, -0.2) is 46.7 Å². The van der Waals surface area contributed by atoms with Gasteiger partial charge in [0.1, 0.15) is 11.9 Å². The Bertz CT molecular complexity index is 963. The van der Waals surface area contributed by atoms with E-state index in [4.69, 9.17) is 11.6 Å². The highest BCUT2D eigenvalue weighted by Crippen LogP contribution is 2.35. The summed E-state index contributed by atoms with van der Waals surface area (Å²) in [6.45, 7) is 1.16. The Morgan fingerprint density at radius 2 is 1.93 bits per heavy atom. The van der Waals surface area contributed by atoms with Gasteiger partial charge in [0.25, 0.3) is 0 Å². The first kappa shape index (κ1) is 20.7. The third-order valence-electron chi connectivity index (χ3n) is 5.01. The molecule has 1 unspecified atom stereocenters. The lowest BCUT2D eigenvalue weighted by molar-refractivity contribution is -0.274. The van der Waals surface area contributed by atoms with Crippen LogP contribution in [0.5, 0.6) is 5.75 Å². The van der Waals surface area contributed by atoms with E-state index in [9.17, 15) is 18.3 Å². The monoisotopic (exact) mass is 437 g/mol. The van der Waals surface area contributed by atoms with E-state index in [1.165, 1.54) is 12.1 Å². The molecule has 0 amide bonds. The number of aromatic nitrogens is 1. The largest absolute Gasteiger partial charge is 0.573 e. The zero-order valence-electron chi connectivity index (χ0n) is 15.8. The van der Waals surface area contributed by atoms with Gasteiger partial charge in [-0.3, -0.25) is 9.88 Å². The number of ether oxygens (including phenoxy) is 1. The third-order valence-corrected chi connectivity index (χ3v) is 5.22. The maximum atomic E-state index is 12.5. The fourth-order valence-corrected chi connectivity index (χ4v) is 3.96. The van der Waals surface area contributed by atoms with Gasteiger partial charge in [-0.1, -0.05) is 17.7 Å². The summed E-state index contributed by atoms with van der Waals surface area (Å²) in [7, 11) is 0. The number of halogens is 4. The van der Waals surface area contributed by atoms with Gasteiger partial charge >= 0.3 is 6.36 Å². The van der Waals surface area contributed by atoms with Crippen LogP contribution in [-0.2, 0) is 0 Å². The summed E-state index contributed by atoms with van der Waals surface area (Å²) in [5.41, 5.74) is 2.45. The van der Waals surface area contributed by atoms with Crippen LogP contribution in [0.2, 0.25) is 5.02 Å². The number of hydrogen-bond acceptors (Lipinski definition) is 5. The van der Waals surface area contributed by atoms with Gasteiger partial charge in [0.2, 0.25) is 0 Å². The van der Waals surface area contributed by atoms with Gasteiger partial charge in [-0.25, -0.2) is 0 Å². The van der Waals surface area contributed by atoms with Crippen LogP contribution in [0.1, 0.15) is 12.0 Å². The van der Waals surface area contributed by atoms with Crippen molar-refractivity contribution in [3.05, 3.63) is 71.7 Å². The quantitative estimate of drug-likeness (QED) is 0.766. The van der Waals surface area contributed by atoms with Crippen molar-refractivity contribution < 1.29 is 23.0 Å². The molecule has 30 heavy (non-hydrogen) atoms. The van der Waals surface area contributed by atoms with Crippen LogP contribution >= 0.6 is 11.6 Å². The minimum atomic E-state index is -4.74. The number of β-amino-alcohol motifs (C(OH)–C–C–N with tert-alkyl or cyclic N) is 1. The highest BCUT2D eigenvalue weighted by atomic mass is 35.5. The molecule has 1 N–H and O–H groups in total. The zero-order valence-corrected chi connectivity index (χ0v) is 16.5. The van der Waals surface area contributed by atoms with Crippen molar-refractivity contribution in [1.29, 1.82) is 0 Å². The van der Waals surface area contributed by atoms with Gasteiger partial charge in [0.15, 0.2) is 0 Å². The van der Waals surface area contributed by atoms with Crippen molar-refractivity contribution in [2.24, 2.45) is 0 Å². The predicted octanol–water partition coefficient (Wildman–Crippen LogP) is 4.44. The molecule has 9 heteroatoms. The second kappa shape index (κ2) is 8.29. The molecule has 0 spiro atoms. The van der Waals surface area contributed by atoms with Gasteiger partial charge in [-0.05, 0) is 48.4 Å². The van der Waals surface area contributed by atoms with Crippen molar-refractivity contribution in [1.82, 2.24) is 9.88 Å². The number of rotatable bonds is 4. The van der Waals surface area contributed by atoms with Crippen molar-refractivity contribution in [3.63, 3.8) is 0 Å². The zero-order chi connectivity index (χ0) is 21.3. The summed E-state index contributed by atoms with van der Waals surface area (Å²) in [6, 6.07) is 7.53. The van der Waals surface area contributed by atoms with Gasteiger partial charge < -0.3 is 14.7 Å². The molecule has 0 radical (unpaired) electrons. The van der Waals surface area contributed by atoms with E-state index >= 15 is 0 Å². The van der Waals surface area contributed by atoms with E-state index in [2.05, 4.69) is 14.6 Å². The van der Waals surface area contributed by atoms with Crippen LogP contribution in [0.4, 0.5) is 18.9 Å². The number of nitrogens with zero attached hydrogens (tertiary/aromatic N) is 3. The minimum absolute atomic E-state index is 0.276. The molecule has 2 aliphatic rings. The maximum absolute atomic E-state index is 12.5. The molecule has 0 bridgehead atoms. The Kier molecular flexibility index (Phi) is 5.73. The molecule has 1 fully saturated rings. The number of benzene rings is 1. The van der Waals surface area contributed by atoms with E-state index in [1.807, 2.05) is 29.3 Å². The highest BCUT2D eigenvalue weighted by molar-refractivity contribution is 6.30. The number of aliphatic hydroxyl groups is 1. The first-order valence-electron chi connectivity index (χ1n) is 9.36. The fourth-order valence-electron chi connectivity index (χ4n) is 3.78.